The number of nitro groups is 1. The minimum atomic E-state index is -0.442. The van der Waals surface area contributed by atoms with Crippen LogP contribution in [-0.2, 0) is 4.79 Å². The molecule has 0 aliphatic carbocycles. The van der Waals surface area contributed by atoms with E-state index in [-0.39, 0.29) is 23.9 Å². The van der Waals surface area contributed by atoms with Crippen molar-refractivity contribution in [2.24, 2.45) is 4.99 Å². The van der Waals surface area contributed by atoms with Crippen LogP contribution in [0.5, 0.6) is 0 Å². The number of non-ortho nitro benzene ring substituents is 1. The smallest absolute Gasteiger partial charge is 0.269 e. The van der Waals surface area contributed by atoms with Crippen LogP contribution in [0.15, 0.2) is 29.3 Å². The van der Waals surface area contributed by atoms with Crippen LogP contribution in [0.25, 0.3) is 0 Å². The molecule has 6 heteroatoms. The summed E-state index contributed by atoms with van der Waals surface area (Å²) in [5.41, 5.74) is 0.802. The summed E-state index contributed by atoms with van der Waals surface area (Å²) in [5.74, 6) is -0.348. The molecule has 19 heavy (non-hydrogen) atoms. The second-order valence-electron chi connectivity index (χ2n) is 4.56. The van der Waals surface area contributed by atoms with Crippen LogP contribution < -0.4 is 0 Å². The Morgan fingerprint density at radius 2 is 2.21 bits per heavy atom. The van der Waals surface area contributed by atoms with E-state index in [1.165, 1.54) is 18.5 Å². The van der Waals surface area contributed by atoms with Crippen molar-refractivity contribution in [2.45, 2.75) is 19.3 Å². The Hall–Kier alpha value is -2.24. The number of nitrogens with zero attached hydrogens (tertiary/aromatic N) is 3. The van der Waals surface area contributed by atoms with Crippen LogP contribution in [0.2, 0.25) is 0 Å². The number of amides is 1. The molecule has 0 aliphatic rings. The minimum Gasteiger partial charge on any atom is -0.369 e. The van der Waals surface area contributed by atoms with Gasteiger partial charge in [0.1, 0.15) is 0 Å². The van der Waals surface area contributed by atoms with Gasteiger partial charge in [-0.1, -0.05) is 19.1 Å². The van der Waals surface area contributed by atoms with Gasteiger partial charge < -0.3 is 4.90 Å². The normalized spacial score (nSPS) is 12.4. The number of hydrogen-bond acceptors (Lipinski definition) is 3. The topological polar surface area (TPSA) is 75.8 Å². The lowest BCUT2D eigenvalue weighted by molar-refractivity contribution is -0.384. The van der Waals surface area contributed by atoms with Crippen molar-refractivity contribution in [3.8, 4) is 0 Å². The van der Waals surface area contributed by atoms with Crippen LogP contribution in [-0.4, -0.2) is 36.2 Å². The molecule has 0 aromatic heterocycles. The van der Waals surface area contributed by atoms with E-state index in [4.69, 9.17) is 0 Å². The second kappa shape index (κ2) is 6.63. The third kappa shape index (κ3) is 4.87. The molecule has 1 rings (SSSR count). The molecule has 0 heterocycles. The molecule has 1 amide bonds. The molecule has 102 valence electrons. The van der Waals surface area contributed by atoms with Gasteiger partial charge in [-0.15, -0.1) is 0 Å². The zero-order valence-corrected chi connectivity index (χ0v) is 11.2. The zero-order chi connectivity index (χ0) is 14.4. The molecular weight excluding hydrogens is 246 g/mol. The molecule has 0 radical (unpaired) electrons. The molecule has 0 bridgehead atoms. The zero-order valence-electron chi connectivity index (χ0n) is 11.2. The van der Waals surface area contributed by atoms with Gasteiger partial charge in [-0.25, -0.2) is 4.99 Å². The Kier molecular flexibility index (Phi) is 5.17. The van der Waals surface area contributed by atoms with Crippen molar-refractivity contribution in [1.82, 2.24) is 4.90 Å². The van der Waals surface area contributed by atoms with E-state index >= 15 is 0 Å². The number of hydrogen-bond donors (Lipinski definition) is 0. The maximum atomic E-state index is 11.6. The molecule has 0 N–H and O–H groups in total. The molecule has 1 aromatic rings. The van der Waals surface area contributed by atoms with Crippen molar-refractivity contribution < 1.29 is 9.72 Å². The monoisotopic (exact) mass is 263 g/mol. The summed E-state index contributed by atoms with van der Waals surface area (Å²) >= 11 is 0. The second-order valence-corrected chi connectivity index (χ2v) is 4.56. The van der Waals surface area contributed by atoms with E-state index in [1.54, 1.807) is 31.1 Å². The summed E-state index contributed by atoms with van der Waals surface area (Å²) in [7, 11) is 3.56. The molecule has 6 nitrogen and oxygen atoms in total. The average molecular weight is 263 g/mol. The SMILES string of the molecule is C[C@H](CC(=O)/N=C/N(C)C)c1cccc([N+](=O)[O-])c1. The molecule has 0 unspecified atom stereocenters. The van der Waals surface area contributed by atoms with E-state index in [9.17, 15) is 14.9 Å². The Labute approximate surface area is 111 Å². The van der Waals surface area contributed by atoms with Crippen LogP contribution >= 0.6 is 0 Å². The highest BCUT2D eigenvalue weighted by molar-refractivity contribution is 5.84. The van der Waals surface area contributed by atoms with E-state index in [0.717, 1.165) is 5.56 Å². The van der Waals surface area contributed by atoms with Gasteiger partial charge in [0.15, 0.2) is 0 Å². The largest absolute Gasteiger partial charge is 0.369 e. The van der Waals surface area contributed by atoms with Crippen LogP contribution in [0.1, 0.15) is 24.8 Å². The third-order valence-corrected chi connectivity index (χ3v) is 2.56. The van der Waals surface area contributed by atoms with Gasteiger partial charge in [0.2, 0.25) is 5.91 Å². The average Bonchev–Trinajstić information content (AvgIpc) is 2.36. The number of carbonyl (C=O) groups is 1. The predicted molar refractivity (Wildman–Crippen MR) is 73.3 cm³/mol. The lowest BCUT2D eigenvalue weighted by atomic mass is 9.97. The van der Waals surface area contributed by atoms with Crippen LogP contribution in [0, 0.1) is 10.1 Å². The molecule has 0 saturated heterocycles. The van der Waals surface area contributed by atoms with Gasteiger partial charge in [0.25, 0.3) is 5.69 Å². The van der Waals surface area contributed by atoms with Gasteiger partial charge in [0.05, 0.1) is 11.3 Å². The van der Waals surface area contributed by atoms with Gasteiger partial charge in [0, 0.05) is 32.6 Å². The highest BCUT2D eigenvalue weighted by atomic mass is 16.6. The van der Waals surface area contributed by atoms with Crippen molar-refractivity contribution in [3.63, 3.8) is 0 Å². The molecule has 0 aliphatic heterocycles. The van der Waals surface area contributed by atoms with Crippen LogP contribution in [0.3, 0.4) is 0 Å². The van der Waals surface area contributed by atoms with Gasteiger partial charge >= 0.3 is 0 Å². The maximum Gasteiger partial charge on any atom is 0.269 e. The predicted octanol–water partition coefficient (Wildman–Crippen LogP) is 2.20. The first-order chi connectivity index (χ1) is 8.90. The summed E-state index contributed by atoms with van der Waals surface area (Å²) in [4.78, 5) is 27.3. The molecule has 1 aromatic carbocycles. The van der Waals surface area contributed by atoms with E-state index < -0.39 is 4.92 Å². The summed E-state index contributed by atoms with van der Waals surface area (Å²) in [6.45, 7) is 1.85. The lowest BCUT2D eigenvalue weighted by Gasteiger charge is -2.09. The minimum absolute atomic E-state index is 0.0357. The summed E-state index contributed by atoms with van der Waals surface area (Å²) in [5, 5.41) is 10.7. The first-order valence-corrected chi connectivity index (χ1v) is 5.88. The molecule has 0 fully saturated rings. The van der Waals surface area contributed by atoms with Gasteiger partial charge in [-0.05, 0) is 11.5 Å². The highest BCUT2D eigenvalue weighted by Crippen LogP contribution is 2.23. The Bertz CT molecular complexity index is 498. The molecule has 0 saturated carbocycles. The van der Waals surface area contributed by atoms with Crippen molar-refractivity contribution >= 4 is 17.9 Å². The molecule has 0 spiro atoms. The first-order valence-electron chi connectivity index (χ1n) is 5.88. The van der Waals surface area contributed by atoms with Gasteiger partial charge in [-0.3, -0.25) is 14.9 Å². The van der Waals surface area contributed by atoms with Crippen LogP contribution in [0.4, 0.5) is 5.69 Å². The van der Waals surface area contributed by atoms with E-state index in [0.29, 0.717) is 0 Å². The summed E-state index contributed by atoms with van der Waals surface area (Å²) in [6.07, 6.45) is 1.67. The number of rotatable bonds is 5. The third-order valence-electron chi connectivity index (χ3n) is 2.56. The maximum absolute atomic E-state index is 11.6. The number of benzene rings is 1. The summed E-state index contributed by atoms with van der Waals surface area (Å²) < 4.78 is 0. The Morgan fingerprint density at radius 1 is 1.53 bits per heavy atom. The van der Waals surface area contributed by atoms with Gasteiger partial charge in [-0.2, -0.15) is 0 Å². The molecular formula is C13H17N3O3. The fourth-order valence-electron chi connectivity index (χ4n) is 1.56. The highest BCUT2D eigenvalue weighted by Gasteiger charge is 2.13. The number of aliphatic imine (C=N–C) groups is 1. The lowest BCUT2D eigenvalue weighted by Crippen LogP contribution is -2.10. The van der Waals surface area contributed by atoms with Crippen molar-refractivity contribution in [1.29, 1.82) is 0 Å². The standard InChI is InChI=1S/C13H17N3O3/c1-10(7-13(17)14-9-15(2)3)11-5-4-6-12(8-11)16(18)19/h4-6,8-10H,7H2,1-3H3/b14-9+/t10-/m1/s1. The Balaban J connectivity index is 2.73. The van der Waals surface area contributed by atoms with E-state index in [2.05, 4.69) is 4.99 Å². The Morgan fingerprint density at radius 3 is 2.79 bits per heavy atom. The fraction of sp³-hybridized carbons (Fsp3) is 0.385. The van der Waals surface area contributed by atoms with E-state index in [1.807, 2.05) is 6.92 Å². The van der Waals surface area contributed by atoms with Crippen molar-refractivity contribution in [3.05, 3.63) is 39.9 Å². The van der Waals surface area contributed by atoms with Crippen molar-refractivity contribution in [2.75, 3.05) is 14.1 Å². The quantitative estimate of drug-likeness (QED) is 0.353. The number of carbonyl (C=O) groups excluding carboxylic acids is 1. The molecule has 1 atom stereocenters. The summed E-state index contributed by atoms with van der Waals surface area (Å²) in [6, 6.07) is 6.33. The first kappa shape index (κ1) is 14.8. The number of nitro benzene ring substituents is 1. The fourth-order valence-corrected chi connectivity index (χ4v) is 1.56.